The van der Waals surface area contributed by atoms with Gasteiger partial charge in [0.05, 0.1) is 18.8 Å². The second-order valence-corrected chi connectivity index (χ2v) is 5.84. The Kier molecular flexibility index (Phi) is 4.69. The van der Waals surface area contributed by atoms with Crippen LogP contribution in [-0.4, -0.2) is 45.0 Å². The van der Waals surface area contributed by atoms with Gasteiger partial charge in [-0.3, -0.25) is 4.79 Å². The number of hydrogen-bond acceptors (Lipinski definition) is 4. The third-order valence-electron chi connectivity index (χ3n) is 2.47. The summed E-state index contributed by atoms with van der Waals surface area (Å²) in [5.41, 5.74) is 0. The van der Waals surface area contributed by atoms with Gasteiger partial charge in [-0.25, -0.2) is 13.1 Å². The molecular weight excluding hydrogens is 234 g/mol. The smallest absolute Gasteiger partial charge is 0.304 e. The van der Waals surface area contributed by atoms with Crippen molar-refractivity contribution < 1.29 is 23.1 Å². The molecule has 7 heteroatoms. The van der Waals surface area contributed by atoms with Gasteiger partial charge in [0.1, 0.15) is 0 Å². The maximum absolute atomic E-state index is 11.5. The molecule has 0 heterocycles. The molecule has 1 aliphatic carbocycles. The van der Waals surface area contributed by atoms with Gasteiger partial charge in [-0.15, -0.1) is 0 Å². The lowest BCUT2D eigenvalue weighted by Gasteiger charge is -2.15. The van der Waals surface area contributed by atoms with Crippen LogP contribution in [0.5, 0.6) is 0 Å². The summed E-state index contributed by atoms with van der Waals surface area (Å²) in [6, 6.07) is -0.473. The number of sulfonamides is 1. The number of carbonyl (C=O) groups is 1. The number of hydrogen-bond donors (Lipinski definition) is 2. The van der Waals surface area contributed by atoms with E-state index < -0.39 is 22.0 Å². The highest BCUT2D eigenvalue weighted by Gasteiger charge is 2.35. The molecule has 0 saturated heterocycles. The Labute approximate surface area is 95.0 Å². The Balaban J connectivity index is 2.50. The Hall–Kier alpha value is -0.660. The van der Waals surface area contributed by atoms with Crippen LogP contribution in [0.4, 0.5) is 0 Å². The van der Waals surface area contributed by atoms with E-state index in [4.69, 9.17) is 5.11 Å². The number of nitrogens with one attached hydrogen (secondary N) is 1. The lowest BCUT2D eigenvalue weighted by atomic mass is 10.1. The van der Waals surface area contributed by atoms with Crippen molar-refractivity contribution in [2.24, 2.45) is 5.92 Å². The second kappa shape index (κ2) is 5.60. The van der Waals surface area contributed by atoms with Crippen molar-refractivity contribution in [2.45, 2.75) is 25.3 Å². The number of ether oxygens (including phenoxy) is 1. The van der Waals surface area contributed by atoms with Gasteiger partial charge >= 0.3 is 5.97 Å². The summed E-state index contributed by atoms with van der Waals surface area (Å²) in [5, 5.41) is 8.67. The number of rotatable bonds is 8. The Morgan fingerprint density at radius 1 is 1.56 bits per heavy atom. The number of aliphatic carboxylic acids is 1. The monoisotopic (exact) mass is 251 g/mol. The molecule has 2 N–H and O–H groups in total. The van der Waals surface area contributed by atoms with Crippen LogP contribution in [0.1, 0.15) is 19.3 Å². The molecule has 0 amide bonds. The quantitative estimate of drug-likeness (QED) is 0.623. The largest absolute Gasteiger partial charge is 0.481 e. The highest BCUT2D eigenvalue weighted by molar-refractivity contribution is 7.89. The van der Waals surface area contributed by atoms with Crippen molar-refractivity contribution in [3.8, 4) is 0 Å². The van der Waals surface area contributed by atoms with Crippen molar-refractivity contribution in [1.82, 2.24) is 4.72 Å². The van der Waals surface area contributed by atoms with Gasteiger partial charge < -0.3 is 9.84 Å². The van der Waals surface area contributed by atoms with Gasteiger partial charge in [-0.1, -0.05) is 0 Å². The van der Waals surface area contributed by atoms with Gasteiger partial charge in [0.2, 0.25) is 10.0 Å². The van der Waals surface area contributed by atoms with E-state index in [1.165, 1.54) is 7.11 Å². The van der Waals surface area contributed by atoms with E-state index in [0.29, 0.717) is 0 Å². The first-order chi connectivity index (χ1) is 7.44. The molecule has 1 unspecified atom stereocenters. The molecular formula is C9H17NO5S. The van der Waals surface area contributed by atoms with Crippen LogP contribution < -0.4 is 4.72 Å². The lowest BCUT2D eigenvalue weighted by molar-refractivity contribution is -0.137. The molecule has 0 aromatic carbocycles. The van der Waals surface area contributed by atoms with Gasteiger partial charge in [0.15, 0.2) is 0 Å². The van der Waals surface area contributed by atoms with Crippen molar-refractivity contribution in [1.29, 1.82) is 0 Å². The molecule has 0 aromatic rings. The SMILES string of the molecule is COCCS(=O)(=O)NC(CC(=O)O)C1CC1. The zero-order chi connectivity index (χ0) is 12.2. The van der Waals surface area contributed by atoms with Crippen LogP contribution >= 0.6 is 0 Å². The minimum atomic E-state index is -3.43. The van der Waals surface area contributed by atoms with Crippen molar-refractivity contribution in [3.05, 3.63) is 0 Å². The first kappa shape index (κ1) is 13.4. The number of carboxylic acid groups (broad SMARTS) is 1. The first-order valence-corrected chi connectivity index (χ1v) is 6.80. The molecule has 1 saturated carbocycles. The minimum absolute atomic E-state index is 0.111. The molecule has 1 rings (SSSR count). The third-order valence-corrected chi connectivity index (χ3v) is 3.84. The maximum Gasteiger partial charge on any atom is 0.304 e. The summed E-state index contributed by atoms with van der Waals surface area (Å²) in [5.74, 6) is -0.938. The summed E-state index contributed by atoms with van der Waals surface area (Å²) >= 11 is 0. The van der Waals surface area contributed by atoms with Crippen molar-refractivity contribution in [2.75, 3.05) is 19.5 Å². The van der Waals surface area contributed by atoms with Gasteiger partial charge in [0, 0.05) is 13.2 Å². The summed E-state index contributed by atoms with van der Waals surface area (Å²) < 4.78 is 30.2. The molecule has 0 aromatic heterocycles. The zero-order valence-corrected chi connectivity index (χ0v) is 10.00. The van der Waals surface area contributed by atoms with E-state index in [-0.39, 0.29) is 24.7 Å². The number of carboxylic acids is 1. The van der Waals surface area contributed by atoms with E-state index in [9.17, 15) is 13.2 Å². The summed E-state index contributed by atoms with van der Waals surface area (Å²) in [4.78, 5) is 10.6. The molecule has 0 radical (unpaired) electrons. The van der Waals surface area contributed by atoms with E-state index in [0.717, 1.165) is 12.8 Å². The molecule has 0 spiro atoms. The summed E-state index contributed by atoms with van der Waals surface area (Å²) in [7, 11) is -2.01. The van der Waals surface area contributed by atoms with Crippen LogP contribution in [-0.2, 0) is 19.6 Å². The van der Waals surface area contributed by atoms with Crippen molar-refractivity contribution in [3.63, 3.8) is 0 Å². The first-order valence-electron chi connectivity index (χ1n) is 5.15. The predicted molar refractivity (Wildman–Crippen MR) is 57.6 cm³/mol. The summed E-state index contributed by atoms with van der Waals surface area (Å²) in [6.07, 6.45) is 1.63. The van der Waals surface area contributed by atoms with Gasteiger partial charge in [0.25, 0.3) is 0 Å². The standard InChI is InChI=1S/C9H17NO5S/c1-15-4-5-16(13,14)10-8(6-9(11)12)7-2-3-7/h7-8,10H,2-6H2,1H3,(H,11,12). The van der Waals surface area contributed by atoms with Gasteiger partial charge in [-0.2, -0.15) is 0 Å². The zero-order valence-electron chi connectivity index (χ0n) is 9.18. The highest BCUT2D eigenvalue weighted by atomic mass is 32.2. The van der Waals surface area contributed by atoms with Crippen molar-refractivity contribution >= 4 is 16.0 Å². The normalized spacial score (nSPS) is 18.3. The Bertz CT molecular complexity index is 336. The van der Waals surface area contributed by atoms with Crippen LogP contribution in [0.15, 0.2) is 0 Å². The van der Waals surface area contributed by atoms with E-state index >= 15 is 0 Å². The van der Waals surface area contributed by atoms with E-state index in [2.05, 4.69) is 9.46 Å². The summed E-state index contributed by atoms with van der Waals surface area (Å²) in [6.45, 7) is 0.111. The van der Waals surface area contributed by atoms with Crippen LogP contribution in [0.3, 0.4) is 0 Å². The maximum atomic E-state index is 11.5. The number of methoxy groups -OCH3 is 1. The lowest BCUT2D eigenvalue weighted by Crippen LogP contribution is -2.40. The molecule has 1 aliphatic rings. The molecule has 94 valence electrons. The fourth-order valence-corrected chi connectivity index (χ4v) is 2.71. The van der Waals surface area contributed by atoms with Gasteiger partial charge in [-0.05, 0) is 18.8 Å². The molecule has 1 atom stereocenters. The fraction of sp³-hybridized carbons (Fsp3) is 0.889. The minimum Gasteiger partial charge on any atom is -0.481 e. The average molecular weight is 251 g/mol. The highest BCUT2D eigenvalue weighted by Crippen LogP contribution is 2.34. The molecule has 0 bridgehead atoms. The van der Waals surface area contributed by atoms with Crippen LogP contribution in [0.25, 0.3) is 0 Å². The Morgan fingerprint density at radius 2 is 2.19 bits per heavy atom. The predicted octanol–water partition coefficient (Wildman–Crippen LogP) is -0.194. The molecule has 0 aliphatic heterocycles. The topological polar surface area (TPSA) is 92.7 Å². The van der Waals surface area contributed by atoms with E-state index in [1.54, 1.807) is 0 Å². The van der Waals surface area contributed by atoms with Crippen LogP contribution in [0.2, 0.25) is 0 Å². The second-order valence-electron chi connectivity index (χ2n) is 3.97. The molecule has 16 heavy (non-hydrogen) atoms. The molecule has 6 nitrogen and oxygen atoms in total. The molecule has 1 fully saturated rings. The average Bonchev–Trinajstić information content (AvgIpc) is 2.95. The Morgan fingerprint density at radius 3 is 2.62 bits per heavy atom. The third kappa shape index (κ3) is 4.91. The van der Waals surface area contributed by atoms with Crippen LogP contribution in [0, 0.1) is 5.92 Å². The van der Waals surface area contributed by atoms with E-state index in [1.807, 2.05) is 0 Å². The fourth-order valence-electron chi connectivity index (χ4n) is 1.47.